The lowest BCUT2D eigenvalue weighted by molar-refractivity contribution is 0.0334. The van der Waals surface area contributed by atoms with Crippen LogP contribution in [-0.2, 0) is 16.6 Å². The molecular formula is C25H34N8O5S. The first-order valence-corrected chi connectivity index (χ1v) is 14.5. The number of hydrogen-bond donors (Lipinski definition) is 2. The fourth-order valence-electron chi connectivity index (χ4n) is 4.87. The van der Waals surface area contributed by atoms with Crippen LogP contribution in [0.3, 0.4) is 0 Å². The van der Waals surface area contributed by atoms with Crippen LogP contribution in [0, 0.1) is 0 Å². The fraction of sp³-hybridized carbons (Fsp3) is 0.520. The van der Waals surface area contributed by atoms with Gasteiger partial charge in [-0.25, -0.2) is 22.6 Å². The van der Waals surface area contributed by atoms with Crippen LogP contribution in [-0.4, -0.2) is 96.8 Å². The molecule has 1 saturated heterocycles. The molecule has 5 rings (SSSR count). The van der Waals surface area contributed by atoms with Gasteiger partial charge in [0, 0.05) is 38.3 Å². The second-order valence-corrected chi connectivity index (χ2v) is 12.1. The van der Waals surface area contributed by atoms with Gasteiger partial charge in [-0.05, 0) is 45.4 Å². The molecule has 3 aromatic heterocycles. The summed E-state index contributed by atoms with van der Waals surface area (Å²) in [6.45, 7) is 10.2. The molecule has 1 aromatic carbocycles. The van der Waals surface area contributed by atoms with E-state index in [0.29, 0.717) is 73.3 Å². The molecule has 0 radical (unpaired) electrons. The zero-order chi connectivity index (χ0) is 27.9. The third-order valence-electron chi connectivity index (χ3n) is 7.25. The lowest BCUT2D eigenvalue weighted by Crippen LogP contribution is -2.56. The smallest absolute Gasteiger partial charge is 0.336 e. The third kappa shape index (κ3) is 4.71. The minimum Gasteiger partial charge on any atom is -0.493 e. The van der Waals surface area contributed by atoms with Crippen LogP contribution in [0.1, 0.15) is 34.1 Å². The summed E-state index contributed by atoms with van der Waals surface area (Å²) >= 11 is 0. The molecule has 4 heterocycles. The minimum absolute atomic E-state index is 0.00712. The van der Waals surface area contributed by atoms with Crippen molar-refractivity contribution >= 4 is 26.8 Å². The number of ether oxygens (including phenoxy) is 1. The average Bonchev–Trinajstić information content (AvgIpc) is 3.60. The molecule has 1 aliphatic rings. The van der Waals surface area contributed by atoms with Gasteiger partial charge in [0.1, 0.15) is 23.4 Å². The molecule has 13 nitrogen and oxygen atoms in total. The number of aryl methyl sites for hydroxylation is 1. The Hall–Kier alpha value is -3.33. The molecule has 39 heavy (non-hydrogen) atoms. The summed E-state index contributed by atoms with van der Waals surface area (Å²) < 4.78 is 37.7. The highest BCUT2D eigenvalue weighted by atomic mass is 32.2. The summed E-state index contributed by atoms with van der Waals surface area (Å²) in [5.41, 5.74) is 0.981. The second kappa shape index (κ2) is 10.3. The van der Waals surface area contributed by atoms with E-state index in [-0.39, 0.29) is 17.2 Å². The van der Waals surface area contributed by atoms with E-state index in [4.69, 9.17) is 9.72 Å². The Bertz CT molecular complexity index is 1660. The van der Waals surface area contributed by atoms with Gasteiger partial charge in [0.05, 0.1) is 23.7 Å². The van der Waals surface area contributed by atoms with Crippen molar-refractivity contribution in [2.45, 2.75) is 51.1 Å². The van der Waals surface area contributed by atoms with E-state index < -0.39 is 15.6 Å². The monoisotopic (exact) mass is 558 g/mol. The maximum Gasteiger partial charge on any atom is 0.336 e. The number of aromatic amines is 1. The van der Waals surface area contributed by atoms with Crippen LogP contribution in [0.25, 0.3) is 28.2 Å². The van der Waals surface area contributed by atoms with Crippen LogP contribution in [0.5, 0.6) is 5.75 Å². The standard InChI is InChI=1S/C25H34N8O5S/c1-5-13-38-19-8-7-17(39(36,37)31-11-9-30(10-12-31)25(3,4)15-34)14-18(19)21-27-20-22(28-21)32(6-2)24(35)33-16-26-29-23(20)33/h7-8,14,16,34H,5-6,9-13,15H2,1-4H3,(H,27,28). The Labute approximate surface area is 226 Å². The molecule has 2 N–H and O–H groups in total. The molecule has 0 amide bonds. The largest absolute Gasteiger partial charge is 0.493 e. The van der Waals surface area contributed by atoms with Gasteiger partial charge < -0.3 is 14.8 Å². The number of hydrogen-bond acceptors (Lipinski definition) is 9. The Balaban J connectivity index is 1.57. The van der Waals surface area contributed by atoms with Gasteiger partial charge in [0.2, 0.25) is 10.0 Å². The molecule has 0 bridgehead atoms. The van der Waals surface area contributed by atoms with Gasteiger partial charge >= 0.3 is 5.69 Å². The van der Waals surface area contributed by atoms with E-state index in [1.807, 2.05) is 27.7 Å². The lowest BCUT2D eigenvalue weighted by Gasteiger charge is -2.42. The highest BCUT2D eigenvalue weighted by molar-refractivity contribution is 7.89. The number of sulfonamides is 1. The summed E-state index contributed by atoms with van der Waals surface area (Å²) in [4.78, 5) is 23.1. The normalized spacial score (nSPS) is 15.9. The van der Waals surface area contributed by atoms with E-state index in [0.717, 1.165) is 6.42 Å². The van der Waals surface area contributed by atoms with Crippen molar-refractivity contribution in [3.63, 3.8) is 0 Å². The molecule has 1 aliphatic heterocycles. The zero-order valence-electron chi connectivity index (χ0n) is 22.6. The van der Waals surface area contributed by atoms with Crippen molar-refractivity contribution in [2.24, 2.45) is 0 Å². The third-order valence-corrected chi connectivity index (χ3v) is 9.15. The van der Waals surface area contributed by atoms with Crippen LogP contribution >= 0.6 is 0 Å². The van der Waals surface area contributed by atoms with Gasteiger partial charge in [0.15, 0.2) is 11.3 Å². The van der Waals surface area contributed by atoms with Crippen LogP contribution < -0.4 is 10.4 Å². The zero-order valence-corrected chi connectivity index (χ0v) is 23.4. The van der Waals surface area contributed by atoms with Crippen LogP contribution in [0.15, 0.2) is 34.2 Å². The highest BCUT2D eigenvalue weighted by Gasteiger charge is 2.34. The molecule has 0 saturated carbocycles. The average molecular weight is 559 g/mol. The number of aliphatic hydroxyl groups excluding tert-OH is 1. The number of nitrogens with one attached hydrogen (secondary N) is 1. The molecule has 0 atom stereocenters. The Morgan fingerprint density at radius 2 is 1.87 bits per heavy atom. The van der Waals surface area contributed by atoms with E-state index in [2.05, 4.69) is 20.1 Å². The van der Waals surface area contributed by atoms with Crippen molar-refractivity contribution in [3.8, 4) is 17.1 Å². The van der Waals surface area contributed by atoms with E-state index in [1.54, 1.807) is 18.2 Å². The maximum absolute atomic E-state index is 13.7. The quantitative estimate of drug-likeness (QED) is 0.310. The Kier molecular flexibility index (Phi) is 7.22. The van der Waals surface area contributed by atoms with Gasteiger partial charge in [-0.1, -0.05) is 6.92 Å². The first kappa shape index (κ1) is 27.2. The van der Waals surface area contributed by atoms with E-state index >= 15 is 0 Å². The van der Waals surface area contributed by atoms with Gasteiger partial charge in [0.25, 0.3) is 0 Å². The number of piperazine rings is 1. The highest BCUT2D eigenvalue weighted by Crippen LogP contribution is 2.34. The topological polar surface area (TPSA) is 151 Å². The van der Waals surface area contributed by atoms with Crippen molar-refractivity contribution in [2.75, 3.05) is 39.4 Å². The van der Waals surface area contributed by atoms with Crippen molar-refractivity contribution < 1.29 is 18.3 Å². The number of aromatic nitrogens is 6. The molecule has 0 unspecified atom stereocenters. The maximum atomic E-state index is 13.7. The summed E-state index contributed by atoms with van der Waals surface area (Å²) in [6, 6.07) is 4.77. The van der Waals surface area contributed by atoms with Crippen LogP contribution in [0.4, 0.5) is 0 Å². The van der Waals surface area contributed by atoms with Crippen molar-refractivity contribution in [3.05, 3.63) is 35.0 Å². The number of imidazole rings is 1. The predicted molar refractivity (Wildman–Crippen MR) is 145 cm³/mol. The van der Waals surface area contributed by atoms with Gasteiger partial charge in [-0.2, -0.15) is 4.31 Å². The number of fused-ring (bicyclic) bond motifs is 3. The molecule has 4 aromatic rings. The van der Waals surface area contributed by atoms with Gasteiger partial charge in [-0.15, -0.1) is 10.2 Å². The molecular weight excluding hydrogens is 524 g/mol. The lowest BCUT2D eigenvalue weighted by atomic mass is 10.0. The molecule has 0 aliphatic carbocycles. The number of aliphatic hydroxyl groups is 1. The summed E-state index contributed by atoms with van der Waals surface area (Å²) in [6.07, 6.45) is 2.12. The van der Waals surface area contributed by atoms with Crippen molar-refractivity contribution in [1.82, 2.24) is 38.3 Å². The summed E-state index contributed by atoms with van der Waals surface area (Å²) in [5.74, 6) is 0.840. The molecule has 210 valence electrons. The number of rotatable bonds is 9. The SMILES string of the molecule is CCCOc1ccc(S(=O)(=O)N2CCN(C(C)(C)CO)CC2)cc1-c1nc2c([nH]1)c1nncn1c(=O)n2CC. The molecule has 0 spiro atoms. The first-order chi connectivity index (χ1) is 18.6. The molecule has 14 heteroatoms. The van der Waals surface area contributed by atoms with Crippen LogP contribution in [0.2, 0.25) is 0 Å². The summed E-state index contributed by atoms with van der Waals surface area (Å²) in [5, 5.41) is 17.7. The number of benzene rings is 1. The Morgan fingerprint density at radius 1 is 1.13 bits per heavy atom. The first-order valence-electron chi connectivity index (χ1n) is 13.1. The minimum atomic E-state index is -3.82. The molecule has 1 fully saturated rings. The van der Waals surface area contributed by atoms with Crippen molar-refractivity contribution in [1.29, 1.82) is 0 Å². The summed E-state index contributed by atoms with van der Waals surface area (Å²) in [7, 11) is -3.82. The predicted octanol–water partition coefficient (Wildman–Crippen LogP) is 1.32. The number of H-pyrrole nitrogens is 1. The van der Waals surface area contributed by atoms with E-state index in [9.17, 15) is 18.3 Å². The van der Waals surface area contributed by atoms with E-state index in [1.165, 1.54) is 19.6 Å². The Morgan fingerprint density at radius 3 is 2.54 bits per heavy atom. The van der Waals surface area contributed by atoms with Gasteiger partial charge in [-0.3, -0.25) is 9.47 Å². The fourth-order valence-corrected chi connectivity index (χ4v) is 6.32. The second-order valence-electron chi connectivity index (χ2n) is 10.2. The number of nitrogens with zero attached hydrogens (tertiary/aromatic N) is 7.